The molecule has 90 valence electrons. The molecule has 0 unspecified atom stereocenters. The summed E-state index contributed by atoms with van der Waals surface area (Å²) in [5.74, 6) is 0. The molecule has 0 saturated heterocycles. The van der Waals surface area contributed by atoms with Crippen LogP contribution < -0.4 is 0 Å². The summed E-state index contributed by atoms with van der Waals surface area (Å²) in [7, 11) is 2.03. The van der Waals surface area contributed by atoms with E-state index < -0.39 is 5.60 Å². The van der Waals surface area contributed by atoms with Crippen molar-refractivity contribution in [2.75, 3.05) is 13.6 Å². The fourth-order valence-electron chi connectivity index (χ4n) is 1.93. The Kier molecular flexibility index (Phi) is 4.11. The molecule has 1 aromatic rings. The summed E-state index contributed by atoms with van der Waals surface area (Å²) in [6.45, 7) is 9.49. The molecule has 2 nitrogen and oxygen atoms in total. The van der Waals surface area contributed by atoms with Crippen LogP contribution in [0.5, 0.6) is 0 Å². The van der Waals surface area contributed by atoms with Gasteiger partial charge in [-0.2, -0.15) is 0 Å². The van der Waals surface area contributed by atoms with E-state index in [1.807, 2.05) is 20.9 Å². The Morgan fingerprint density at radius 1 is 1.19 bits per heavy atom. The van der Waals surface area contributed by atoms with Crippen LogP contribution in [0.4, 0.5) is 0 Å². The highest BCUT2D eigenvalue weighted by Gasteiger charge is 2.15. The zero-order chi connectivity index (χ0) is 12.3. The summed E-state index contributed by atoms with van der Waals surface area (Å²) >= 11 is 0. The van der Waals surface area contributed by atoms with Crippen LogP contribution in [0.3, 0.4) is 0 Å². The Bertz CT molecular complexity index is 352. The lowest BCUT2D eigenvalue weighted by Crippen LogP contribution is -2.35. The second-order valence-corrected chi connectivity index (χ2v) is 5.40. The third-order valence-corrected chi connectivity index (χ3v) is 2.68. The van der Waals surface area contributed by atoms with Crippen molar-refractivity contribution in [1.82, 2.24) is 4.90 Å². The molecule has 2 heteroatoms. The van der Waals surface area contributed by atoms with E-state index in [4.69, 9.17) is 0 Å². The van der Waals surface area contributed by atoms with E-state index in [9.17, 15) is 5.11 Å². The van der Waals surface area contributed by atoms with Crippen molar-refractivity contribution in [2.45, 2.75) is 39.8 Å². The molecule has 16 heavy (non-hydrogen) atoms. The van der Waals surface area contributed by atoms with Gasteiger partial charge in [-0.15, -0.1) is 0 Å². The number of aryl methyl sites for hydroxylation is 2. The first-order valence-corrected chi connectivity index (χ1v) is 5.75. The Morgan fingerprint density at radius 2 is 1.81 bits per heavy atom. The number of likely N-dealkylation sites (N-methyl/N-ethyl adjacent to an activating group) is 1. The van der Waals surface area contributed by atoms with Gasteiger partial charge in [0.25, 0.3) is 0 Å². The minimum atomic E-state index is -0.630. The van der Waals surface area contributed by atoms with Gasteiger partial charge in [-0.05, 0) is 51.4 Å². The van der Waals surface area contributed by atoms with Crippen LogP contribution >= 0.6 is 0 Å². The number of hydrogen-bond acceptors (Lipinski definition) is 2. The molecule has 0 aromatic heterocycles. The normalized spacial score (nSPS) is 12.2. The van der Waals surface area contributed by atoms with Crippen molar-refractivity contribution in [3.05, 3.63) is 34.9 Å². The minimum Gasteiger partial charge on any atom is -0.389 e. The second kappa shape index (κ2) is 4.98. The van der Waals surface area contributed by atoms with Gasteiger partial charge >= 0.3 is 0 Å². The minimum absolute atomic E-state index is 0.630. The molecule has 0 spiro atoms. The number of aliphatic hydroxyl groups is 1. The topological polar surface area (TPSA) is 23.5 Å². The summed E-state index contributed by atoms with van der Waals surface area (Å²) in [4.78, 5) is 2.14. The quantitative estimate of drug-likeness (QED) is 0.844. The summed E-state index contributed by atoms with van der Waals surface area (Å²) < 4.78 is 0. The molecule has 0 aliphatic heterocycles. The van der Waals surface area contributed by atoms with E-state index in [-0.39, 0.29) is 0 Å². The summed E-state index contributed by atoms with van der Waals surface area (Å²) in [6.07, 6.45) is 0. The van der Waals surface area contributed by atoms with Crippen molar-refractivity contribution >= 4 is 0 Å². The summed E-state index contributed by atoms with van der Waals surface area (Å²) in [5.41, 5.74) is 3.33. The first-order chi connectivity index (χ1) is 7.28. The predicted octanol–water partition coefficient (Wildman–Crippen LogP) is 2.51. The van der Waals surface area contributed by atoms with Crippen molar-refractivity contribution in [3.8, 4) is 0 Å². The van der Waals surface area contributed by atoms with Crippen molar-refractivity contribution in [1.29, 1.82) is 0 Å². The van der Waals surface area contributed by atoms with E-state index in [1.54, 1.807) is 0 Å². The van der Waals surface area contributed by atoms with Crippen LogP contribution in [0, 0.1) is 13.8 Å². The van der Waals surface area contributed by atoms with Gasteiger partial charge in [0.15, 0.2) is 0 Å². The standard InChI is InChI=1S/C14H23NO/c1-11-6-7-13(8-12(11)2)9-15(5)10-14(3,4)16/h6-8,16H,9-10H2,1-5H3. The lowest BCUT2D eigenvalue weighted by atomic mass is 10.1. The lowest BCUT2D eigenvalue weighted by molar-refractivity contribution is 0.0425. The molecule has 1 N–H and O–H groups in total. The SMILES string of the molecule is Cc1ccc(CN(C)CC(C)(C)O)cc1C. The van der Waals surface area contributed by atoms with E-state index >= 15 is 0 Å². The van der Waals surface area contributed by atoms with E-state index in [0.717, 1.165) is 6.54 Å². The lowest BCUT2D eigenvalue weighted by Gasteiger charge is -2.25. The molecular formula is C14H23NO. The highest BCUT2D eigenvalue weighted by molar-refractivity contribution is 5.29. The van der Waals surface area contributed by atoms with Crippen molar-refractivity contribution < 1.29 is 5.11 Å². The molecule has 1 aromatic carbocycles. The Labute approximate surface area is 98.9 Å². The molecule has 0 atom stereocenters. The smallest absolute Gasteiger partial charge is 0.0718 e. The van der Waals surface area contributed by atoms with Gasteiger partial charge in [-0.1, -0.05) is 18.2 Å². The largest absolute Gasteiger partial charge is 0.389 e. The Balaban J connectivity index is 2.63. The van der Waals surface area contributed by atoms with E-state index in [1.165, 1.54) is 16.7 Å². The van der Waals surface area contributed by atoms with Crippen LogP contribution in [0.15, 0.2) is 18.2 Å². The van der Waals surface area contributed by atoms with Crippen LogP contribution in [-0.4, -0.2) is 29.2 Å². The van der Waals surface area contributed by atoms with Crippen molar-refractivity contribution in [2.24, 2.45) is 0 Å². The van der Waals surface area contributed by atoms with E-state index in [0.29, 0.717) is 6.54 Å². The predicted molar refractivity (Wildman–Crippen MR) is 68.5 cm³/mol. The molecule has 0 aliphatic rings. The molecular weight excluding hydrogens is 198 g/mol. The first-order valence-electron chi connectivity index (χ1n) is 5.75. The van der Waals surface area contributed by atoms with Gasteiger partial charge < -0.3 is 5.11 Å². The monoisotopic (exact) mass is 221 g/mol. The fourth-order valence-corrected chi connectivity index (χ4v) is 1.93. The average molecular weight is 221 g/mol. The zero-order valence-electron chi connectivity index (χ0n) is 11.0. The molecule has 0 radical (unpaired) electrons. The average Bonchev–Trinajstić information content (AvgIpc) is 2.08. The van der Waals surface area contributed by atoms with E-state index in [2.05, 4.69) is 36.9 Å². The molecule has 0 heterocycles. The van der Waals surface area contributed by atoms with Crippen LogP contribution in [0.2, 0.25) is 0 Å². The highest BCUT2D eigenvalue weighted by atomic mass is 16.3. The van der Waals surface area contributed by atoms with Gasteiger partial charge in [0.05, 0.1) is 5.60 Å². The van der Waals surface area contributed by atoms with Gasteiger partial charge in [-0.25, -0.2) is 0 Å². The van der Waals surface area contributed by atoms with Crippen LogP contribution in [0.25, 0.3) is 0 Å². The first kappa shape index (κ1) is 13.2. The van der Waals surface area contributed by atoms with Gasteiger partial charge in [0.1, 0.15) is 0 Å². The maximum absolute atomic E-state index is 9.72. The second-order valence-electron chi connectivity index (χ2n) is 5.40. The van der Waals surface area contributed by atoms with Gasteiger partial charge in [0.2, 0.25) is 0 Å². The molecule has 0 aliphatic carbocycles. The van der Waals surface area contributed by atoms with Crippen LogP contribution in [-0.2, 0) is 6.54 Å². The third-order valence-electron chi connectivity index (χ3n) is 2.68. The molecule has 0 saturated carbocycles. The number of hydrogen-bond donors (Lipinski definition) is 1. The molecule has 0 amide bonds. The Hall–Kier alpha value is -0.860. The molecule has 0 bridgehead atoms. The maximum Gasteiger partial charge on any atom is 0.0718 e. The number of nitrogens with zero attached hydrogens (tertiary/aromatic N) is 1. The third kappa shape index (κ3) is 4.33. The summed E-state index contributed by atoms with van der Waals surface area (Å²) in [6, 6.07) is 6.53. The maximum atomic E-state index is 9.72. The van der Waals surface area contributed by atoms with Crippen LogP contribution in [0.1, 0.15) is 30.5 Å². The Morgan fingerprint density at radius 3 is 2.31 bits per heavy atom. The number of benzene rings is 1. The fraction of sp³-hybridized carbons (Fsp3) is 0.571. The molecule has 0 fully saturated rings. The van der Waals surface area contributed by atoms with Crippen molar-refractivity contribution in [3.63, 3.8) is 0 Å². The molecule has 1 rings (SSSR count). The number of rotatable bonds is 4. The van der Waals surface area contributed by atoms with Gasteiger partial charge in [0, 0.05) is 13.1 Å². The zero-order valence-corrected chi connectivity index (χ0v) is 11.0. The van der Waals surface area contributed by atoms with Gasteiger partial charge in [-0.3, -0.25) is 4.90 Å². The summed E-state index contributed by atoms with van der Waals surface area (Å²) in [5, 5.41) is 9.72. The highest BCUT2D eigenvalue weighted by Crippen LogP contribution is 2.12.